The Kier molecular flexibility index (Phi) is 3.33. The van der Waals surface area contributed by atoms with Crippen molar-refractivity contribution in [3.05, 3.63) is 46.3 Å². The molecule has 0 atom stereocenters. The van der Waals surface area contributed by atoms with Crippen LogP contribution >= 0.6 is 0 Å². The maximum Gasteiger partial charge on any atom is 0.269 e. The molecule has 0 aliphatic carbocycles. The van der Waals surface area contributed by atoms with Gasteiger partial charge < -0.3 is 11.1 Å². The van der Waals surface area contributed by atoms with Crippen molar-refractivity contribution in [3.8, 4) is 0 Å². The molecule has 2 aromatic rings. The van der Waals surface area contributed by atoms with Crippen LogP contribution in [0.25, 0.3) is 0 Å². The largest absolute Gasteiger partial charge is 0.383 e. The number of rotatable bonds is 4. The van der Waals surface area contributed by atoms with E-state index in [9.17, 15) is 14.9 Å². The number of aromatic nitrogens is 2. The van der Waals surface area contributed by atoms with Crippen LogP contribution in [0.15, 0.2) is 30.6 Å². The van der Waals surface area contributed by atoms with Crippen molar-refractivity contribution in [2.24, 2.45) is 0 Å². The molecule has 0 bridgehead atoms. The van der Waals surface area contributed by atoms with E-state index in [-0.39, 0.29) is 22.9 Å². The summed E-state index contributed by atoms with van der Waals surface area (Å²) in [7, 11) is 0. The number of nitrogen functional groups attached to an aromatic ring is 1. The number of benzene rings is 1. The molecule has 0 aliphatic heterocycles. The summed E-state index contributed by atoms with van der Waals surface area (Å²) in [6, 6.07) is 5.69. The molecule has 0 saturated carbocycles. The molecule has 0 aliphatic rings. The minimum Gasteiger partial charge on any atom is -0.383 e. The van der Waals surface area contributed by atoms with Crippen molar-refractivity contribution >= 4 is 29.3 Å². The molecular weight excluding hydrogens is 250 g/mol. The molecule has 0 spiro atoms. The predicted octanol–water partition coefficient (Wildman–Crippen LogP) is 1.52. The van der Waals surface area contributed by atoms with Crippen LogP contribution in [-0.4, -0.2) is 21.2 Å². The molecule has 19 heavy (non-hydrogen) atoms. The second-order valence-electron chi connectivity index (χ2n) is 3.57. The van der Waals surface area contributed by atoms with Gasteiger partial charge in [-0.15, -0.1) is 0 Å². The highest BCUT2D eigenvalue weighted by atomic mass is 16.6. The van der Waals surface area contributed by atoms with Crippen LogP contribution < -0.4 is 11.1 Å². The quantitative estimate of drug-likeness (QED) is 0.484. The molecule has 0 unspecified atom stereocenters. The fraction of sp³-hybridized carbons (Fsp3) is 0. The second-order valence-corrected chi connectivity index (χ2v) is 3.57. The first-order chi connectivity index (χ1) is 9.11. The van der Waals surface area contributed by atoms with Crippen LogP contribution in [0.2, 0.25) is 0 Å². The van der Waals surface area contributed by atoms with Crippen LogP contribution in [-0.2, 0) is 0 Å². The van der Waals surface area contributed by atoms with Crippen molar-refractivity contribution in [2.45, 2.75) is 0 Å². The number of nitro groups is 1. The van der Waals surface area contributed by atoms with Gasteiger partial charge in [-0.25, -0.2) is 9.97 Å². The number of hydrogen-bond acceptors (Lipinski definition) is 7. The summed E-state index contributed by atoms with van der Waals surface area (Å²) in [6.45, 7) is 0. The van der Waals surface area contributed by atoms with Gasteiger partial charge in [0.25, 0.3) is 5.69 Å². The lowest BCUT2D eigenvalue weighted by Crippen LogP contribution is -2.04. The van der Waals surface area contributed by atoms with Gasteiger partial charge in [0.2, 0.25) is 0 Å². The van der Waals surface area contributed by atoms with Crippen LogP contribution in [0.1, 0.15) is 10.4 Å². The summed E-state index contributed by atoms with van der Waals surface area (Å²) in [6.07, 6.45) is 1.76. The number of anilines is 3. The Labute approximate surface area is 107 Å². The minimum absolute atomic E-state index is 0.0247. The van der Waals surface area contributed by atoms with Gasteiger partial charge in [0.05, 0.1) is 10.5 Å². The normalized spacial score (nSPS) is 9.89. The number of nitro benzene ring substituents is 1. The Morgan fingerprint density at radius 3 is 2.53 bits per heavy atom. The van der Waals surface area contributed by atoms with E-state index in [1.807, 2.05) is 0 Å². The minimum atomic E-state index is -0.497. The van der Waals surface area contributed by atoms with Gasteiger partial charge in [-0.3, -0.25) is 14.9 Å². The average molecular weight is 259 g/mol. The fourth-order valence-electron chi connectivity index (χ4n) is 1.43. The van der Waals surface area contributed by atoms with E-state index in [0.717, 1.165) is 0 Å². The molecule has 1 aromatic carbocycles. The molecular formula is C11H9N5O3. The van der Waals surface area contributed by atoms with Gasteiger partial charge in [0.15, 0.2) is 6.29 Å². The first-order valence-corrected chi connectivity index (χ1v) is 5.19. The number of carbonyl (C=O) groups excluding carboxylic acids is 1. The van der Waals surface area contributed by atoms with Crippen molar-refractivity contribution in [3.63, 3.8) is 0 Å². The number of nitrogens with zero attached hydrogens (tertiary/aromatic N) is 3. The molecule has 0 amide bonds. The van der Waals surface area contributed by atoms with Crippen molar-refractivity contribution in [2.75, 3.05) is 11.1 Å². The zero-order chi connectivity index (χ0) is 13.8. The van der Waals surface area contributed by atoms with E-state index in [2.05, 4.69) is 15.3 Å². The first-order valence-electron chi connectivity index (χ1n) is 5.19. The number of nitrogens with two attached hydrogens (primary N) is 1. The van der Waals surface area contributed by atoms with Gasteiger partial charge in [-0.05, 0) is 12.1 Å². The third-order valence-electron chi connectivity index (χ3n) is 2.37. The topological polar surface area (TPSA) is 124 Å². The molecule has 0 saturated heterocycles. The van der Waals surface area contributed by atoms with E-state index in [1.165, 1.54) is 30.6 Å². The third-order valence-corrected chi connectivity index (χ3v) is 2.37. The maximum atomic E-state index is 10.9. The zero-order valence-corrected chi connectivity index (χ0v) is 9.61. The number of non-ortho nitro benzene ring substituents is 1. The molecule has 8 nitrogen and oxygen atoms in total. The Morgan fingerprint density at radius 1 is 1.26 bits per heavy atom. The third kappa shape index (κ3) is 2.63. The Hall–Kier alpha value is -3.03. The van der Waals surface area contributed by atoms with E-state index in [1.54, 1.807) is 0 Å². The summed E-state index contributed by atoms with van der Waals surface area (Å²) >= 11 is 0. The highest BCUT2D eigenvalue weighted by Gasteiger charge is 2.09. The monoisotopic (exact) mass is 259 g/mol. The molecule has 8 heteroatoms. The summed E-state index contributed by atoms with van der Waals surface area (Å²) in [5.41, 5.74) is 6.20. The molecule has 2 rings (SSSR count). The molecule has 1 aromatic heterocycles. The summed E-state index contributed by atoms with van der Waals surface area (Å²) in [4.78, 5) is 28.5. The zero-order valence-electron chi connectivity index (χ0n) is 9.61. The van der Waals surface area contributed by atoms with Crippen LogP contribution in [0, 0.1) is 10.1 Å². The van der Waals surface area contributed by atoms with E-state index >= 15 is 0 Å². The number of hydrogen-bond donors (Lipinski definition) is 2. The van der Waals surface area contributed by atoms with Gasteiger partial charge >= 0.3 is 0 Å². The van der Waals surface area contributed by atoms with Gasteiger partial charge in [0.1, 0.15) is 18.0 Å². The standard InChI is InChI=1S/C11H9N5O3/c12-10-9(5-17)11(14-6-13-10)15-7-1-3-8(4-2-7)16(18)19/h1-6H,(H3,12,13,14,15). The number of aldehydes is 1. The lowest BCUT2D eigenvalue weighted by Gasteiger charge is -2.08. The van der Waals surface area contributed by atoms with E-state index in [4.69, 9.17) is 5.73 Å². The van der Waals surface area contributed by atoms with E-state index < -0.39 is 4.92 Å². The molecule has 3 N–H and O–H groups in total. The van der Waals surface area contributed by atoms with Crippen LogP contribution in [0.3, 0.4) is 0 Å². The molecule has 0 fully saturated rings. The second kappa shape index (κ2) is 5.08. The summed E-state index contributed by atoms with van der Waals surface area (Å²) in [5, 5.41) is 13.4. The predicted molar refractivity (Wildman–Crippen MR) is 68.2 cm³/mol. The average Bonchev–Trinajstić information content (AvgIpc) is 2.39. The summed E-state index contributed by atoms with van der Waals surface area (Å²) in [5.74, 6) is 0.311. The molecule has 1 heterocycles. The maximum absolute atomic E-state index is 10.9. The van der Waals surface area contributed by atoms with Crippen LogP contribution in [0.5, 0.6) is 0 Å². The highest BCUT2D eigenvalue weighted by molar-refractivity contribution is 5.89. The SMILES string of the molecule is Nc1ncnc(Nc2ccc([N+](=O)[O-])cc2)c1C=O. The van der Waals surface area contributed by atoms with Crippen molar-refractivity contribution < 1.29 is 9.72 Å². The number of carbonyl (C=O) groups is 1. The van der Waals surface area contributed by atoms with Crippen molar-refractivity contribution in [1.29, 1.82) is 0 Å². The van der Waals surface area contributed by atoms with Gasteiger partial charge in [-0.2, -0.15) is 0 Å². The molecule has 96 valence electrons. The lowest BCUT2D eigenvalue weighted by atomic mass is 10.2. The Balaban J connectivity index is 2.28. The van der Waals surface area contributed by atoms with E-state index in [0.29, 0.717) is 12.0 Å². The Morgan fingerprint density at radius 2 is 1.95 bits per heavy atom. The van der Waals surface area contributed by atoms with Crippen LogP contribution in [0.4, 0.5) is 23.0 Å². The summed E-state index contributed by atoms with van der Waals surface area (Å²) < 4.78 is 0. The highest BCUT2D eigenvalue weighted by Crippen LogP contribution is 2.22. The Bertz CT molecular complexity index is 627. The van der Waals surface area contributed by atoms with Gasteiger partial charge in [-0.1, -0.05) is 0 Å². The molecule has 0 radical (unpaired) electrons. The fourth-order valence-corrected chi connectivity index (χ4v) is 1.43. The van der Waals surface area contributed by atoms with Crippen molar-refractivity contribution in [1.82, 2.24) is 9.97 Å². The first kappa shape index (κ1) is 12.4. The lowest BCUT2D eigenvalue weighted by molar-refractivity contribution is -0.384. The number of nitrogens with one attached hydrogen (secondary N) is 1. The smallest absolute Gasteiger partial charge is 0.269 e. The van der Waals surface area contributed by atoms with Gasteiger partial charge in [0, 0.05) is 17.8 Å².